The van der Waals surface area contributed by atoms with Gasteiger partial charge in [-0.15, -0.1) is 0 Å². The molecule has 2 rings (SSSR count). The number of nitriles is 1. The Morgan fingerprint density at radius 2 is 1.71 bits per heavy atom. The lowest BCUT2D eigenvalue weighted by molar-refractivity contribution is -0.123. The first-order valence-corrected chi connectivity index (χ1v) is 9.69. The minimum absolute atomic E-state index is 0.0534. The van der Waals surface area contributed by atoms with E-state index in [9.17, 15) is 10.1 Å². The lowest BCUT2D eigenvalue weighted by Gasteiger charge is -2.24. The maximum Gasteiger partial charge on any atom is 0.245 e. The molecule has 0 fully saturated rings. The van der Waals surface area contributed by atoms with Crippen molar-refractivity contribution in [2.24, 2.45) is 10.4 Å². The molecule has 0 aliphatic carbocycles. The second-order valence-electron chi connectivity index (χ2n) is 8.18. The van der Waals surface area contributed by atoms with Gasteiger partial charge in [0.15, 0.2) is 0 Å². The van der Waals surface area contributed by atoms with Crippen molar-refractivity contribution in [3.8, 4) is 6.07 Å². The lowest BCUT2D eigenvalue weighted by atomic mass is 9.88. The highest BCUT2D eigenvalue weighted by Gasteiger charge is 2.25. The van der Waals surface area contributed by atoms with E-state index in [0.717, 1.165) is 17.5 Å². The molecule has 4 heteroatoms. The Balaban J connectivity index is 2.03. The van der Waals surface area contributed by atoms with Gasteiger partial charge in [0.2, 0.25) is 5.91 Å². The molecule has 2 unspecified atom stereocenters. The average Bonchev–Trinajstić information content (AvgIpc) is 2.69. The second kappa shape index (κ2) is 10.4. The molecule has 0 bridgehead atoms. The van der Waals surface area contributed by atoms with Gasteiger partial charge < -0.3 is 5.32 Å². The summed E-state index contributed by atoms with van der Waals surface area (Å²) in [5.74, 6) is -0.193. The monoisotopic (exact) mass is 375 g/mol. The van der Waals surface area contributed by atoms with Crippen LogP contribution in [0.4, 0.5) is 0 Å². The van der Waals surface area contributed by atoms with Crippen LogP contribution in [0, 0.1) is 16.7 Å². The van der Waals surface area contributed by atoms with E-state index in [-0.39, 0.29) is 11.3 Å². The minimum Gasteiger partial charge on any atom is -0.338 e. The SMILES string of the molecule is CC(C)(C)CC(N=Cc1ccccc1)C(=O)NC(C#N)CCc1ccccc1. The molecule has 2 aromatic carbocycles. The first kappa shape index (κ1) is 21.4. The fraction of sp³-hybridized carbons (Fsp3) is 0.375. The Morgan fingerprint density at radius 1 is 1.11 bits per heavy atom. The van der Waals surface area contributed by atoms with Crippen molar-refractivity contribution in [3.05, 3.63) is 71.8 Å². The van der Waals surface area contributed by atoms with Gasteiger partial charge in [-0.2, -0.15) is 5.26 Å². The molecule has 0 saturated heterocycles. The van der Waals surface area contributed by atoms with Crippen molar-refractivity contribution < 1.29 is 4.79 Å². The second-order valence-corrected chi connectivity index (χ2v) is 8.18. The van der Waals surface area contributed by atoms with E-state index < -0.39 is 12.1 Å². The van der Waals surface area contributed by atoms with Gasteiger partial charge in [-0.3, -0.25) is 9.79 Å². The summed E-state index contributed by atoms with van der Waals surface area (Å²) in [6, 6.07) is 20.9. The van der Waals surface area contributed by atoms with Gasteiger partial charge in [0.05, 0.1) is 6.07 Å². The van der Waals surface area contributed by atoms with E-state index in [0.29, 0.717) is 12.8 Å². The molecular weight excluding hydrogens is 346 g/mol. The number of benzene rings is 2. The van der Waals surface area contributed by atoms with Crippen molar-refractivity contribution in [1.82, 2.24) is 5.32 Å². The van der Waals surface area contributed by atoms with E-state index >= 15 is 0 Å². The Bertz CT molecular complexity index is 801. The summed E-state index contributed by atoms with van der Waals surface area (Å²) in [7, 11) is 0. The van der Waals surface area contributed by atoms with Gasteiger partial charge in [-0.25, -0.2) is 0 Å². The maximum atomic E-state index is 12.8. The zero-order valence-electron chi connectivity index (χ0n) is 16.9. The third-order valence-electron chi connectivity index (χ3n) is 4.35. The summed E-state index contributed by atoms with van der Waals surface area (Å²) in [4.78, 5) is 17.4. The van der Waals surface area contributed by atoms with E-state index in [1.807, 2.05) is 60.7 Å². The summed E-state index contributed by atoms with van der Waals surface area (Å²) in [6.07, 6.45) is 3.67. The molecule has 0 heterocycles. The van der Waals surface area contributed by atoms with Crippen LogP contribution in [0.15, 0.2) is 65.7 Å². The summed E-state index contributed by atoms with van der Waals surface area (Å²) < 4.78 is 0. The van der Waals surface area contributed by atoms with E-state index in [1.54, 1.807) is 6.21 Å². The van der Waals surface area contributed by atoms with Crippen LogP contribution in [0.2, 0.25) is 0 Å². The molecule has 0 aliphatic rings. The standard InChI is InChI=1S/C24H29N3O/c1-24(2,3)16-22(26-18-20-12-8-5-9-13-20)23(28)27-21(17-25)15-14-19-10-6-4-7-11-19/h4-13,18,21-22H,14-16H2,1-3H3,(H,27,28). The third-order valence-corrected chi connectivity index (χ3v) is 4.35. The number of aliphatic imine (C=N–C) groups is 1. The molecule has 0 aliphatic heterocycles. The van der Waals surface area contributed by atoms with Gasteiger partial charge in [-0.1, -0.05) is 81.4 Å². The first-order valence-electron chi connectivity index (χ1n) is 9.69. The highest BCUT2D eigenvalue weighted by molar-refractivity contribution is 5.87. The van der Waals surface area contributed by atoms with Crippen molar-refractivity contribution in [3.63, 3.8) is 0 Å². The summed E-state index contributed by atoms with van der Waals surface area (Å²) >= 11 is 0. The van der Waals surface area contributed by atoms with Crippen LogP contribution < -0.4 is 5.32 Å². The van der Waals surface area contributed by atoms with Gasteiger partial charge >= 0.3 is 0 Å². The van der Waals surface area contributed by atoms with Crippen LogP contribution in [0.25, 0.3) is 0 Å². The molecule has 2 aromatic rings. The average molecular weight is 376 g/mol. The molecule has 0 aromatic heterocycles. The van der Waals surface area contributed by atoms with Crippen LogP contribution >= 0.6 is 0 Å². The molecule has 146 valence electrons. The Morgan fingerprint density at radius 3 is 2.29 bits per heavy atom. The number of hydrogen-bond donors (Lipinski definition) is 1. The predicted octanol–water partition coefficient (Wildman–Crippen LogP) is 4.55. The van der Waals surface area contributed by atoms with Crippen molar-refractivity contribution in [2.45, 2.75) is 52.1 Å². The van der Waals surface area contributed by atoms with E-state index in [1.165, 1.54) is 0 Å². The fourth-order valence-corrected chi connectivity index (χ4v) is 2.90. The van der Waals surface area contributed by atoms with Crippen molar-refractivity contribution in [2.75, 3.05) is 0 Å². The predicted molar refractivity (Wildman–Crippen MR) is 114 cm³/mol. The maximum absolute atomic E-state index is 12.8. The molecular formula is C24H29N3O. The summed E-state index contributed by atoms with van der Waals surface area (Å²) in [6.45, 7) is 6.26. The lowest BCUT2D eigenvalue weighted by Crippen LogP contribution is -2.41. The highest BCUT2D eigenvalue weighted by Crippen LogP contribution is 2.23. The van der Waals surface area contributed by atoms with Gasteiger partial charge in [0.25, 0.3) is 0 Å². The van der Waals surface area contributed by atoms with Crippen molar-refractivity contribution >= 4 is 12.1 Å². The number of rotatable bonds is 8. The molecule has 0 spiro atoms. The fourth-order valence-electron chi connectivity index (χ4n) is 2.90. The largest absolute Gasteiger partial charge is 0.338 e. The van der Waals surface area contributed by atoms with E-state index in [2.05, 4.69) is 37.1 Å². The van der Waals surface area contributed by atoms with Crippen LogP contribution in [-0.2, 0) is 11.2 Å². The molecule has 0 radical (unpaired) electrons. The van der Waals surface area contributed by atoms with Crippen LogP contribution in [0.3, 0.4) is 0 Å². The minimum atomic E-state index is -0.526. The Labute approximate surface area is 168 Å². The Kier molecular flexibility index (Phi) is 7.95. The van der Waals surface area contributed by atoms with Crippen LogP contribution in [-0.4, -0.2) is 24.2 Å². The number of carbonyl (C=O) groups is 1. The number of carbonyl (C=O) groups excluding carboxylic acids is 1. The van der Waals surface area contributed by atoms with Gasteiger partial charge in [0.1, 0.15) is 12.1 Å². The smallest absolute Gasteiger partial charge is 0.245 e. The molecule has 0 saturated carbocycles. The quantitative estimate of drug-likeness (QED) is 0.688. The molecule has 2 atom stereocenters. The van der Waals surface area contributed by atoms with Gasteiger partial charge in [-0.05, 0) is 35.8 Å². The van der Waals surface area contributed by atoms with E-state index in [4.69, 9.17) is 0 Å². The topological polar surface area (TPSA) is 65.2 Å². The summed E-state index contributed by atoms with van der Waals surface area (Å²) in [5, 5.41) is 12.4. The highest BCUT2D eigenvalue weighted by atomic mass is 16.2. The van der Waals surface area contributed by atoms with Crippen LogP contribution in [0.5, 0.6) is 0 Å². The zero-order chi connectivity index (χ0) is 20.4. The zero-order valence-corrected chi connectivity index (χ0v) is 16.9. The third kappa shape index (κ3) is 7.75. The van der Waals surface area contributed by atoms with Crippen molar-refractivity contribution in [1.29, 1.82) is 5.26 Å². The number of nitrogens with one attached hydrogen (secondary N) is 1. The number of amides is 1. The number of aryl methyl sites for hydroxylation is 1. The number of nitrogens with zero attached hydrogens (tertiary/aromatic N) is 2. The molecule has 4 nitrogen and oxygen atoms in total. The molecule has 1 amide bonds. The normalized spacial score (nSPS) is 13.6. The number of hydrogen-bond acceptors (Lipinski definition) is 3. The molecule has 1 N–H and O–H groups in total. The molecule has 28 heavy (non-hydrogen) atoms. The first-order chi connectivity index (χ1) is 13.4. The van der Waals surface area contributed by atoms with Crippen LogP contribution in [0.1, 0.15) is 44.7 Å². The van der Waals surface area contributed by atoms with Gasteiger partial charge in [0, 0.05) is 6.21 Å². The summed E-state index contributed by atoms with van der Waals surface area (Å²) in [5.41, 5.74) is 2.06. The Hall–Kier alpha value is -2.93.